The van der Waals surface area contributed by atoms with Crippen LogP contribution in [0.2, 0.25) is 0 Å². The van der Waals surface area contributed by atoms with Crippen LogP contribution in [0.15, 0.2) is 24.3 Å². The number of aromatic nitrogens is 1. The van der Waals surface area contributed by atoms with Crippen LogP contribution in [0.25, 0.3) is 10.2 Å². The van der Waals surface area contributed by atoms with Gasteiger partial charge in [0, 0.05) is 24.3 Å². The Bertz CT molecular complexity index is 591. The molecule has 0 N–H and O–H groups in total. The molecule has 1 saturated heterocycles. The summed E-state index contributed by atoms with van der Waals surface area (Å²) in [6.07, 6.45) is 5.02. The normalized spacial score (nSPS) is 30.1. The Balaban J connectivity index is 1.64. The second-order valence-corrected chi connectivity index (χ2v) is 7.51. The average Bonchev–Trinajstić information content (AvgIpc) is 3.09. The summed E-state index contributed by atoms with van der Waals surface area (Å²) in [7, 11) is 0. The zero-order valence-corrected chi connectivity index (χ0v) is 12.9. The van der Waals surface area contributed by atoms with Crippen LogP contribution in [-0.2, 0) is 11.2 Å². The highest BCUT2D eigenvalue weighted by Gasteiger charge is 2.50. The van der Waals surface area contributed by atoms with Crippen LogP contribution in [0.3, 0.4) is 0 Å². The molecule has 20 heavy (non-hydrogen) atoms. The van der Waals surface area contributed by atoms with Crippen molar-refractivity contribution in [2.45, 2.75) is 31.8 Å². The molecule has 2 aromatic rings. The lowest BCUT2D eigenvalue weighted by Gasteiger charge is -2.31. The number of alkyl halides is 1. The lowest BCUT2D eigenvalue weighted by molar-refractivity contribution is 0.0403. The second kappa shape index (κ2) is 4.97. The van der Waals surface area contributed by atoms with Gasteiger partial charge in [-0.25, -0.2) is 4.98 Å². The zero-order chi connectivity index (χ0) is 13.6. The Hall–Kier alpha value is -0.640. The Morgan fingerprint density at radius 2 is 2.20 bits per heavy atom. The van der Waals surface area contributed by atoms with Gasteiger partial charge < -0.3 is 4.74 Å². The molecule has 4 heteroatoms. The van der Waals surface area contributed by atoms with E-state index in [-0.39, 0.29) is 5.41 Å². The van der Waals surface area contributed by atoms with E-state index in [4.69, 9.17) is 21.3 Å². The summed E-state index contributed by atoms with van der Waals surface area (Å²) in [5, 5.41) is 1.21. The SMILES string of the molecule is ClCC1(Cc2nc3ccccc3s2)CCOC1C1CC1. The molecule has 4 rings (SSSR count). The average molecular weight is 308 g/mol. The Labute approximate surface area is 128 Å². The first-order chi connectivity index (χ1) is 9.81. The molecule has 2 unspecified atom stereocenters. The van der Waals surface area contributed by atoms with E-state index in [1.807, 2.05) is 0 Å². The molecule has 1 aromatic heterocycles. The Kier molecular flexibility index (Phi) is 3.24. The molecule has 0 radical (unpaired) electrons. The maximum Gasteiger partial charge on any atom is 0.0945 e. The van der Waals surface area contributed by atoms with E-state index < -0.39 is 0 Å². The van der Waals surface area contributed by atoms with Gasteiger partial charge in [0.15, 0.2) is 0 Å². The highest BCUT2D eigenvalue weighted by Crippen LogP contribution is 2.50. The van der Waals surface area contributed by atoms with Crippen LogP contribution < -0.4 is 0 Å². The smallest absolute Gasteiger partial charge is 0.0945 e. The number of hydrogen-bond acceptors (Lipinski definition) is 3. The monoisotopic (exact) mass is 307 g/mol. The third-order valence-corrected chi connectivity index (χ3v) is 6.23. The van der Waals surface area contributed by atoms with E-state index in [1.54, 1.807) is 11.3 Å². The van der Waals surface area contributed by atoms with Crippen molar-refractivity contribution < 1.29 is 4.74 Å². The number of ether oxygens (including phenoxy) is 1. The van der Waals surface area contributed by atoms with Gasteiger partial charge in [0.1, 0.15) is 0 Å². The first-order valence-electron chi connectivity index (χ1n) is 7.33. The number of para-hydroxylation sites is 1. The number of fused-ring (bicyclic) bond motifs is 1. The van der Waals surface area contributed by atoms with Gasteiger partial charge in [0.05, 0.1) is 21.3 Å². The maximum absolute atomic E-state index is 6.38. The Morgan fingerprint density at radius 3 is 2.95 bits per heavy atom. The third kappa shape index (κ3) is 2.16. The maximum atomic E-state index is 6.38. The van der Waals surface area contributed by atoms with Crippen molar-refractivity contribution in [2.24, 2.45) is 11.3 Å². The minimum atomic E-state index is 0.108. The molecule has 2 nitrogen and oxygen atoms in total. The predicted octanol–water partition coefficient (Wildman–Crippen LogP) is 4.26. The van der Waals surface area contributed by atoms with Crippen LogP contribution in [-0.4, -0.2) is 23.6 Å². The highest BCUT2D eigenvalue weighted by molar-refractivity contribution is 7.18. The van der Waals surface area contributed by atoms with Gasteiger partial charge in [0.25, 0.3) is 0 Å². The molecule has 2 heterocycles. The number of thiazole rings is 1. The van der Waals surface area contributed by atoms with E-state index in [2.05, 4.69) is 24.3 Å². The van der Waals surface area contributed by atoms with E-state index in [9.17, 15) is 0 Å². The number of hydrogen-bond donors (Lipinski definition) is 0. The lowest BCUT2D eigenvalue weighted by atomic mass is 9.78. The van der Waals surface area contributed by atoms with Gasteiger partial charge >= 0.3 is 0 Å². The molecule has 0 bridgehead atoms. The van der Waals surface area contributed by atoms with Crippen LogP contribution in [0.4, 0.5) is 0 Å². The fourth-order valence-corrected chi connectivity index (χ4v) is 4.92. The van der Waals surface area contributed by atoms with Crippen molar-refractivity contribution in [3.05, 3.63) is 29.3 Å². The van der Waals surface area contributed by atoms with Gasteiger partial charge in [-0.1, -0.05) is 12.1 Å². The fraction of sp³-hybridized carbons (Fsp3) is 0.562. The molecule has 1 aliphatic carbocycles. The van der Waals surface area contributed by atoms with Crippen LogP contribution in [0.5, 0.6) is 0 Å². The van der Waals surface area contributed by atoms with Gasteiger partial charge in [-0.15, -0.1) is 22.9 Å². The molecular formula is C16H18ClNOS. The van der Waals surface area contributed by atoms with Gasteiger partial charge in [0.2, 0.25) is 0 Å². The topological polar surface area (TPSA) is 22.1 Å². The summed E-state index contributed by atoms with van der Waals surface area (Å²) >= 11 is 8.18. The molecular weight excluding hydrogens is 290 g/mol. The first-order valence-corrected chi connectivity index (χ1v) is 8.68. The summed E-state index contributed by atoms with van der Waals surface area (Å²) in [5.41, 5.74) is 1.22. The van der Waals surface area contributed by atoms with Crippen LogP contribution >= 0.6 is 22.9 Å². The summed E-state index contributed by atoms with van der Waals surface area (Å²) in [6, 6.07) is 8.36. The van der Waals surface area contributed by atoms with Crippen molar-refractivity contribution in [1.82, 2.24) is 4.98 Å². The predicted molar refractivity (Wildman–Crippen MR) is 83.6 cm³/mol. The molecule has 1 aliphatic heterocycles. The summed E-state index contributed by atoms with van der Waals surface area (Å²) in [6.45, 7) is 0.860. The zero-order valence-electron chi connectivity index (χ0n) is 11.3. The van der Waals surface area contributed by atoms with Crippen LogP contribution in [0.1, 0.15) is 24.3 Å². The van der Waals surface area contributed by atoms with Crippen molar-refractivity contribution in [2.75, 3.05) is 12.5 Å². The molecule has 0 spiro atoms. The quantitative estimate of drug-likeness (QED) is 0.787. The largest absolute Gasteiger partial charge is 0.377 e. The minimum Gasteiger partial charge on any atom is -0.377 e. The number of benzene rings is 1. The summed E-state index contributed by atoms with van der Waals surface area (Å²) in [5.74, 6) is 1.43. The molecule has 2 atom stereocenters. The molecule has 2 aliphatic rings. The number of halogens is 1. The van der Waals surface area contributed by atoms with E-state index in [1.165, 1.54) is 22.5 Å². The second-order valence-electron chi connectivity index (χ2n) is 6.13. The fourth-order valence-electron chi connectivity index (χ4n) is 3.42. The number of nitrogens with zero attached hydrogens (tertiary/aromatic N) is 1. The van der Waals surface area contributed by atoms with Crippen molar-refractivity contribution >= 4 is 33.2 Å². The van der Waals surface area contributed by atoms with Crippen molar-refractivity contribution in [1.29, 1.82) is 0 Å². The van der Waals surface area contributed by atoms with E-state index in [0.717, 1.165) is 30.9 Å². The number of rotatable bonds is 4. The van der Waals surface area contributed by atoms with Crippen molar-refractivity contribution in [3.63, 3.8) is 0 Å². The minimum absolute atomic E-state index is 0.108. The van der Waals surface area contributed by atoms with Gasteiger partial charge in [-0.3, -0.25) is 0 Å². The molecule has 2 fully saturated rings. The van der Waals surface area contributed by atoms with E-state index >= 15 is 0 Å². The molecule has 1 aromatic carbocycles. The lowest BCUT2D eigenvalue weighted by Crippen LogP contribution is -2.36. The first kappa shape index (κ1) is 13.1. The summed E-state index contributed by atoms with van der Waals surface area (Å²) < 4.78 is 7.29. The standard InChI is InChI=1S/C16H18ClNOS/c17-10-16(7-8-19-15(16)11-5-6-11)9-14-18-12-3-1-2-4-13(12)20-14/h1-4,11,15H,5-10H2. The van der Waals surface area contributed by atoms with Crippen LogP contribution in [0, 0.1) is 11.3 Å². The van der Waals surface area contributed by atoms with Gasteiger partial charge in [-0.05, 0) is 37.3 Å². The highest BCUT2D eigenvalue weighted by atomic mass is 35.5. The summed E-state index contributed by atoms with van der Waals surface area (Å²) in [4.78, 5) is 4.79. The molecule has 1 saturated carbocycles. The van der Waals surface area contributed by atoms with E-state index in [0.29, 0.717) is 12.0 Å². The molecule has 106 valence electrons. The Morgan fingerprint density at radius 1 is 1.35 bits per heavy atom. The van der Waals surface area contributed by atoms with Crippen molar-refractivity contribution in [3.8, 4) is 0 Å². The molecule has 0 amide bonds. The van der Waals surface area contributed by atoms with Gasteiger partial charge in [-0.2, -0.15) is 0 Å². The third-order valence-electron chi connectivity index (χ3n) is 4.66.